The first-order chi connectivity index (χ1) is 14.4. The number of hydrogen-bond acceptors (Lipinski definition) is 2. The summed E-state index contributed by atoms with van der Waals surface area (Å²) in [6.07, 6.45) is 1.95. The number of benzene rings is 2. The molecule has 0 unspecified atom stereocenters. The Morgan fingerprint density at radius 3 is 2.60 bits per heavy atom. The van der Waals surface area contributed by atoms with Crippen molar-refractivity contribution in [3.05, 3.63) is 89.0 Å². The van der Waals surface area contributed by atoms with E-state index in [4.69, 9.17) is 16.3 Å². The van der Waals surface area contributed by atoms with E-state index in [0.717, 1.165) is 11.3 Å². The molecule has 0 aliphatic carbocycles. The van der Waals surface area contributed by atoms with Crippen molar-refractivity contribution < 1.29 is 13.9 Å². The smallest absolute Gasteiger partial charge is 0.260 e. The first-order valence-electron chi connectivity index (χ1n) is 9.95. The SMILES string of the molecule is CC(C)CN(Cc1cccn1Cc1cccc(F)c1)C(=O)COc1ccc(Cl)cc1. The molecule has 0 spiro atoms. The molecular weight excluding hydrogens is 403 g/mol. The summed E-state index contributed by atoms with van der Waals surface area (Å²) in [6, 6.07) is 17.4. The summed E-state index contributed by atoms with van der Waals surface area (Å²) in [6.45, 7) is 5.74. The van der Waals surface area contributed by atoms with Crippen LogP contribution in [0.4, 0.5) is 4.39 Å². The maximum absolute atomic E-state index is 13.5. The number of carbonyl (C=O) groups is 1. The summed E-state index contributed by atoms with van der Waals surface area (Å²) in [5.41, 5.74) is 1.86. The lowest BCUT2D eigenvalue weighted by Crippen LogP contribution is -2.37. The van der Waals surface area contributed by atoms with Gasteiger partial charge in [-0.15, -0.1) is 0 Å². The van der Waals surface area contributed by atoms with Gasteiger partial charge in [0.2, 0.25) is 0 Å². The quantitative estimate of drug-likeness (QED) is 0.457. The highest BCUT2D eigenvalue weighted by molar-refractivity contribution is 6.30. The standard InChI is InChI=1S/C24H26ClFN2O2/c1-18(2)14-28(24(29)17-30-23-10-8-20(25)9-11-23)16-22-7-4-12-27(22)15-19-5-3-6-21(26)13-19/h3-13,18H,14-17H2,1-2H3. The summed E-state index contributed by atoms with van der Waals surface area (Å²) in [7, 11) is 0. The molecule has 0 saturated heterocycles. The molecule has 0 saturated carbocycles. The average molecular weight is 429 g/mol. The predicted octanol–water partition coefficient (Wildman–Crippen LogP) is 5.39. The van der Waals surface area contributed by atoms with Crippen molar-refractivity contribution in [2.24, 2.45) is 5.92 Å². The molecule has 3 aromatic rings. The maximum Gasteiger partial charge on any atom is 0.260 e. The van der Waals surface area contributed by atoms with Gasteiger partial charge < -0.3 is 14.2 Å². The van der Waals surface area contributed by atoms with Crippen molar-refractivity contribution in [1.82, 2.24) is 9.47 Å². The van der Waals surface area contributed by atoms with Gasteiger partial charge in [0.05, 0.1) is 6.54 Å². The Morgan fingerprint density at radius 2 is 1.90 bits per heavy atom. The highest BCUT2D eigenvalue weighted by Gasteiger charge is 2.18. The van der Waals surface area contributed by atoms with E-state index in [1.165, 1.54) is 12.1 Å². The highest BCUT2D eigenvalue weighted by atomic mass is 35.5. The fourth-order valence-electron chi connectivity index (χ4n) is 3.24. The Morgan fingerprint density at radius 1 is 1.13 bits per heavy atom. The molecule has 0 radical (unpaired) electrons. The minimum Gasteiger partial charge on any atom is -0.484 e. The van der Waals surface area contributed by atoms with Crippen LogP contribution in [0, 0.1) is 11.7 Å². The normalized spacial score (nSPS) is 11.0. The molecule has 0 aliphatic heterocycles. The van der Waals surface area contributed by atoms with Gasteiger partial charge in [-0.25, -0.2) is 4.39 Å². The van der Waals surface area contributed by atoms with E-state index in [2.05, 4.69) is 13.8 Å². The molecule has 6 heteroatoms. The van der Waals surface area contributed by atoms with E-state index in [9.17, 15) is 9.18 Å². The molecule has 4 nitrogen and oxygen atoms in total. The monoisotopic (exact) mass is 428 g/mol. The Labute approximate surface area is 181 Å². The predicted molar refractivity (Wildman–Crippen MR) is 117 cm³/mol. The third kappa shape index (κ3) is 6.36. The molecule has 3 rings (SSSR count). The Bertz CT molecular complexity index is 969. The van der Waals surface area contributed by atoms with Crippen LogP contribution in [0.25, 0.3) is 0 Å². The van der Waals surface area contributed by atoms with E-state index in [-0.39, 0.29) is 18.3 Å². The van der Waals surface area contributed by atoms with Gasteiger partial charge in [0.15, 0.2) is 6.61 Å². The molecule has 0 N–H and O–H groups in total. The number of aromatic nitrogens is 1. The van der Waals surface area contributed by atoms with Gasteiger partial charge >= 0.3 is 0 Å². The summed E-state index contributed by atoms with van der Waals surface area (Å²) in [4.78, 5) is 14.7. The second-order valence-electron chi connectivity index (χ2n) is 7.67. The number of ether oxygens (including phenoxy) is 1. The van der Waals surface area contributed by atoms with Gasteiger partial charge in [-0.05, 0) is 60.0 Å². The van der Waals surface area contributed by atoms with Crippen LogP contribution in [0.5, 0.6) is 5.75 Å². The first kappa shape index (κ1) is 21.9. The van der Waals surface area contributed by atoms with Crippen molar-refractivity contribution in [2.45, 2.75) is 26.9 Å². The zero-order chi connectivity index (χ0) is 21.5. The summed E-state index contributed by atoms with van der Waals surface area (Å²) < 4.78 is 21.2. The van der Waals surface area contributed by atoms with Gasteiger partial charge in [0.25, 0.3) is 5.91 Å². The lowest BCUT2D eigenvalue weighted by Gasteiger charge is -2.25. The van der Waals surface area contributed by atoms with E-state index in [1.807, 2.05) is 29.0 Å². The second-order valence-corrected chi connectivity index (χ2v) is 8.10. The molecule has 30 heavy (non-hydrogen) atoms. The molecule has 0 aliphatic rings. The molecule has 0 fully saturated rings. The van der Waals surface area contributed by atoms with Crippen molar-refractivity contribution in [2.75, 3.05) is 13.2 Å². The minimum absolute atomic E-state index is 0.0427. The van der Waals surface area contributed by atoms with E-state index in [1.54, 1.807) is 35.2 Å². The third-order valence-corrected chi connectivity index (χ3v) is 4.88. The van der Waals surface area contributed by atoms with Crippen LogP contribution in [0.3, 0.4) is 0 Å². The van der Waals surface area contributed by atoms with Gasteiger partial charge in [-0.2, -0.15) is 0 Å². The van der Waals surface area contributed by atoms with Crippen LogP contribution < -0.4 is 4.74 Å². The van der Waals surface area contributed by atoms with Crippen molar-refractivity contribution in [3.63, 3.8) is 0 Å². The van der Waals surface area contributed by atoms with E-state index in [0.29, 0.717) is 36.3 Å². The summed E-state index contributed by atoms with van der Waals surface area (Å²) >= 11 is 5.89. The largest absolute Gasteiger partial charge is 0.484 e. The summed E-state index contributed by atoms with van der Waals surface area (Å²) in [5, 5.41) is 0.620. The Hall–Kier alpha value is -2.79. The lowest BCUT2D eigenvalue weighted by molar-refractivity contribution is -0.134. The molecular formula is C24H26ClFN2O2. The van der Waals surface area contributed by atoms with Gasteiger partial charge in [-0.1, -0.05) is 37.6 Å². The van der Waals surface area contributed by atoms with Gasteiger partial charge in [0.1, 0.15) is 11.6 Å². The van der Waals surface area contributed by atoms with Gasteiger partial charge in [-0.3, -0.25) is 4.79 Å². The topological polar surface area (TPSA) is 34.5 Å². The van der Waals surface area contributed by atoms with Gasteiger partial charge in [0, 0.05) is 30.0 Å². The fraction of sp³-hybridized carbons (Fsp3) is 0.292. The Balaban J connectivity index is 1.68. The van der Waals surface area contributed by atoms with Crippen molar-refractivity contribution >= 4 is 17.5 Å². The molecule has 0 atom stereocenters. The van der Waals surface area contributed by atoms with Crippen LogP contribution >= 0.6 is 11.6 Å². The highest BCUT2D eigenvalue weighted by Crippen LogP contribution is 2.17. The average Bonchev–Trinajstić information content (AvgIpc) is 3.13. The number of nitrogens with zero attached hydrogens (tertiary/aromatic N) is 2. The third-order valence-electron chi connectivity index (χ3n) is 4.63. The number of amides is 1. The number of rotatable bonds is 9. The molecule has 2 aromatic carbocycles. The van der Waals surface area contributed by atoms with Crippen LogP contribution in [-0.4, -0.2) is 28.5 Å². The zero-order valence-electron chi connectivity index (χ0n) is 17.2. The van der Waals surface area contributed by atoms with E-state index >= 15 is 0 Å². The van der Waals surface area contributed by atoms with Crippen molar-refractivity contribution in [1.29, 1.82) is 0 Å². The minimum atomic E-state index is -0.253. The molecule has 1 amide bonds. The Kier molecular flexibility index (Phi) is 7.52. The zero-order valence-corrected chi connectivity index (χ0v) is 18.0. The number of hydrogen-bond donors (Lipinski definition) is 0. The van der Waals surface area contributed by atoms with Crippen LogP contribution in [-0.2, 0) is 17.9 Å². The molecule has 1 aromatic heterocycles. The first-order valence-corrected chi connectivity index (χ1v) is 10.3. The van der Waals surface area contributed by atoms with Crippen LogP contribution in [0.1, 0.15) is 25.1 Å². The molecule has 1 heterocycles. The lowest BCUT2D eigenvalue weighted by atomic mass is 10.2. The van der Waals surface area contributed by atoms with Crippen LogP contribution in [0.15, 0.2) is 66.9 Å². The maximum atomic E-state index is 13.5. The summed E-state index contributed by atoms with van der Waals surface area (Å²) in [5.74, 6) is 0.581. The molecule has 158 valence electrons. The van der Waals surface area contributed by atoms with Crippen molar-refractivity contribution in [3.8, 4) is 5.75 Å². The number of carbonyl (C=O) groups excluding carboxylic acids is 1. The second kappa shape index (κ2) is 10.3. The van der Waals surface area contributed by atoms with E-state index < -0.39 is 0 Å². The number of halogens is 2. The van der Waals surface area contributed by atoms with Crippen LogP contribution in [0.2, 0.25) is 5.02 Å². The fourth-order valence-corrected chi connectivity index (χ4v) is 3.36. The molecule has 0 bridgehead atoms.